The van der Waals surface area contributed by atoms with Crippen molar-refractivity contribution in [2.24, 2.45) is 0 Å². The molecule has 5 nitrogen and oxygen atoms in total. The molecule has 0 bridgehead atoms. The third-order valence-corrected chi connectivity index (χ3v) is 8.11. The Kier molecular flexibility index (Phi) is 6.79. The van der Waals surface area contributed by atoms with Crippen LogP contribution in [0, 0.1) is 5.82 Å². The van der Waals surface area contributed by atoms with E-state index in [1.807, 2.05) is 17.0 Å². The van der Waals surface area contributed by atoms with E-state index in [4.69, 9.17) is 4.98 Å². The molecule has 5 rings (SSSR count). The number of hydrogen-bond acceptors (Lipinski definition) is 4. The lowest BCUT2D eigenvalue weighted by atomic mass is 10.0. The SMILES string of the molecule is O=C(NCC1CCCCN1C(=O)c1nc(C2CC2)sc1-c1ccccc1F)c1cccc(Br)c1. The Hall–Kier alpha value is -2.58. The summed E-state index contributed by atoms with van der Waals surface area (Å²) >= 11 is 4.83. The summed E-state index contributed by atoms with van der Waals surface area (Å²) in [5.41, 5.74) is 1.33. The molecule has 8 heteroatoms. The first-order valence-corrected chi connectivity index (χ1v) is 13.2. The molecule has 2 aliphatic rings. The predicted octanol–water partition coefficient (Wildman–Crippen LogP) is 6.01. The second kappa shape index (κ2) is 9.96. The van der Waals surface area contributed by atoms with Crippen LogP contribution in [0.2, 0.25) is 0 Å². The van der Waals surface area contributed by atoms with Crippen molar-refractivity contribution < 1.29 is 14.0 Å². The van der Waals surface area contributed by atoms with Crippen LogP contribution >= 0.6 is 27.3 Å². The summed E-state index contributed by atoms with van der Waals surface area (Å²) in [6, 6.07) is 13.7. The zero-order valence-corrected chi connectivity index (χ0v) is 21.0. The van der Waals surface area contributed by atoms with Crippen molar-refractivity contribution in [2.75, 3.05) is 13.1 Å². The fraction of sp³-hybridized carbons (Fsp3) is 0.346. The maximum atomic E-state index is 14.7. The number of benzene rings is 2. The third kappa shape index (κ3) is 4.93. The maximum Gasteiger partial charge on any atom is 0.274 e. The fourth-order valence-corrected chi connectivity index (χ4v) is 6.03. The zero-order valence-electron chi connectivity index (χ0n) is 18.6. The van der Waals surface area contributed by atoms with Gasteiger partial charge in [-0.2, -0.15) is 0 Å². The summed E-state index contributed by atoms with van der Waals surface area (Å²) in [7, 11) is 0. The Balaban J connectivity index is 1.38. The molecule has 1 saturated carbocycles. The minimum absolute atomic E-state index is 0.128. The van der Waals surface area contributed by atoms with Crippen LogP contribution in [-0.4, -0.2) is 40.8 Å². The van der Waals surface area contributed by atoms with Crippen LogP contribution < -0.4 is 5.32 Å². The van der Waals surface area contributed by atoms with E-state index in [2.05, 4.69) is 21.2 Å². The summed E-state index contributed by atoms with van der Waals surface area (Å²) in [5, 5.41) is 3.90. The Bertz CT molecular complexity index is 1230. The molecule has 1 aliphatic heterocycles. The van der Waals surface area contributed by atoms with E-state index in [0.717, 1.165) is 41.6 Å². The normalized spacial score (nSPS) is 18.1. The lowest BCUT2D eigenvalue weighted by molar-refractivity contribution is 0.0598. The molecule has 3 aromatic rings. The van der Waals surface area contributed by atoms with Crippen LogP contribution in [0.15, 0.2) is 53.0 Å². The number of hydrogen-bond donors (Lipinski definition) is 1. The number of piperidine rings is 1. The number of thiazole rings is 1. The lowest BCUT2D eigenvalue weighted by Gasteiger charge is -2.35. The Morgan fingerprint density at radius 2 is 1.94 bits per heavy atom. The van der Waals surface area contributed by atoms with Crippen molar-refractivity contribution in [1.29, 1.82) is 0 Å². The number of likely N-dealkylation sites (tertiary alicyclic amines) is 1. The molecule has 2 heterocycles. The first kappa shape index (κ1) is 23.2. The van der Waals surface area contributed by atoms with Crippen molar-refractivity contribution >= 4 is 39.1 Å². The molecule has 34 heavy (non-hydrogen) atoms. The minimum atomic E-state index is -0.348. The van der Waals surface area contributed by atoms with Crippen molar-refractivity contribution in [3.8, 4) is 10.4 Å². The first-order valence-electron chi connectivity index (χ1n) is 11.6. The quantitative estimate of drug-likeness (QED) is 0.415. The second-order valence-corrected chi connectivity index (χ2v) is 10.8. The predicted molar refractivity (Wildman–Crippen MR) is 135 cm³/mol. The number of carbonyl (C=O) groups excluding carboxylic acids is 2. The summed E-state index contributed by atoms with van der Waals surface area (Å²) < 4.78 is 15.5. The van der Waals surface area contributed by atoms with E-state index in [-0.39, 0.29) is 23.7 Å². The topological polar surface area (TPSA) is 62.3 Å². The molecule has 1 saturated heterocycles. The minimum Gasteiger partial charge on any atom is -0.350 e. The highest BCUT2D eigenvalue weighted by Gasteiger charge is 2.35. The molecular formula is C26H25BrFN3O2S. The molecule has 1 N–H and O–H groups in total. The second-order valence-electron chi connectivity index (χ2n) is 8.85. The van der Waals surface area contributed by atoms with Gasteiger partial charge in [0.2, 0.25) is 0 Å². The van der Waals surface area contributed by atoms with E-state index >= 15 is 0 Å². The molecule has 176 valence electrons. The van der Waals surface area contributed by atoms with Crippen LogP contribution in [-0.2, 0) is 0 Å². The number of rotatable bonds is 6. The number of carbonyl (C=O) groups is 2. The number of halogens is 2. The van der Waals surface area contributed by atoms with Gasteiger partial charge < -0.3 is 10.2 Å². The molecule has 1 unspecified atom stereocenters. The summed E-state index contributed by atoms with van der Waals surface area (Å²) in [6.07, 6.45) is 4.82. The highest BCUT2D eigenvalue weighted by atomic mass is 79.9. The molecule has 0 spiro atoms. The molecular weight excluding hydrogens is 517 g/mol. The van der Waals surface area contributed by atoms with Gasteiger partial charge in [0, 0.05) is 40.6 Å². The van der Waals surface area contributed by atoms with Gasteiger partial charge in [0.1, 0.15) is 11.5 Å². The lowest BCUT2D eigenvalue weighted by Crippen LogP contribution is -2.49. The van der Waals surface area contributed by atoms with Crippen molar-refractivity contribution in [1.82, 2.24) is 15.2 Å². The summed E-state index contributed by atoms with van der Waals surface area (Å²) in [4.78, 5) is 33.6. The van der Waals surface area contributed by atoms with E-state index in [9.17, 15) is 14.0 Å². The number of amides is 2. The molecule has 0 radical (unpaired) electrons. The Morgan fingerprint density at radius 3 is 2.71 bits per heavy atom. The smallest absolute Gasteiger partial charge is 0.274 e. The molecule has 1 aliphatic carbocycles. The van der Waals surface area contributed by atoms with E-state index < -0.39 is 0 Å². The average Bonchev–Trinajstić information content (AvgIpc) is 3.61. The van der Waals surface area contributed by atoms with Gasteiger partial charge in [0.05, 0.1) is 9.88 Å². The number of aromatic nitrogens is 1. The summed E-state index contributed by atoms with van der Waals surface area (Å²) in [5.74, 6) is -0.323. The largest absolute Gasteiger partial charge is 0.350 e. The van der Waals surface area contributed by atoms with Gasteiger partial charge in [-0.1, -0.05) is 40.2 Å². The van der Waals surface area contributed by atoms with Crippen LogP contribution in [0.3, 0.4) is 0 Å². The van der Waals surface area contributed by atoms with Gasteiger partial charge >= 0.3 is 0 Å². The molecule has 1 aromatic heterocycles. The maximum absolute atomic E-state index is 14.7. The van der Waals surface area contributed by atoms with Crippen molar-refractivity contribution in [2.45, 2.75) is 44.1 Å². The zero-order chi connectivity index (χ0) is 23.7. The van der Waals surface area contributed by atoms with Crippen LogP contribution in [0.4, 0.5) is 4.39 Å². The van der Waals surface area contributed by atoms with Gasteiger partial charge in [0.15, 0.2) is 0 Å². The van der Waals surface area contributed by atoms with Gasteiger partial charge in [-0.15, -0.1) is 11.3 Å². The summed E-state index contributed by atoms with van der Waals surface area (Å²) in [6.45, 7) is 0.967. The van der Waals surface area contributed by atoms with Crippen molar-refractivity contribution in [3.05, 3.63) is 75.1 Å². The van der Waals surface area contributed by atoms with Gasteiger partial charge in [-0.05, 0) is 56.4 Å². The molecule has 2 fully saturated rings. The van der Waals surface area contributed by atoms with Crippen LogP contribution in [0.5, 0.6) is 0 Å². The van der Waals surface area contributed by atoms with Crippen molar-refractivity contribution in [3.63, 3.8) is 0 Å². The highest BCUT2D eigenvalue weighted by molar-refractivity contribution is 9.10. The number of nitrogens with one attached hydrogen (secondary N) is 1. The standard InChI is InChI=1S/C26H25BrFN3O2S/c27-18-7-5-6-17(14-18)24(32)29-15-19-8-3-4-13-31(19)26(33)22-23(20-9-1-2-10-21(20)28)34-25(30-22)16-11-12-16/h1-2,5-7,9-10,14,16,19H,3-4,8,11-13,15H2,(H,29,32). The molecule has 1 atom stereocenters. The van der Waals surface area contributed by atoms with Gasteiger partial charge in [-0.3, -0.25) is 9.59 Å². The van der Waals surface area contributed by atoms with Crippen LogP contribution in [0.1, 0.15) is 63.9 Å². The highest BCUT2D eigenvalue weighted by Crippen LogP contribution is 2.45. The average molecular weight is 542 g/mol. The van der Waals surface area contributed by atoms with E-state index in [1.165, 1.54) is 17.4 Å². The first-order chi connectivity index (χ1) is 16.5. The monoisotopic (exact) mass is 541 g/mol. The third-order valence-electron chi connectivity index (χ3n) is 6.36. The fourth-order valence-electron chi connectivity index (χ4n) is 4.37. The molecule has 2 amide bonds. The van der Waals surface area contributed by atoms with Gasteiger partial charge in [-0.25, -0.2) is 9.37 Å². The van der Waals surface area contributed by atoms with E-state index in [0.29, 0.717) is 40.7 Å². The number of nitrogens with zero attached hydrogens (tertiary/aromatic N) is 2. The Morgan fingerprint density at radius 1 is 1.12 bits per heavy atom. The van der Waals surface area contributed by atoms with Crippen LogP contribution in [0.25, 0.3) is 10.4 Å². The molecule has 2 aromatic carbocycles. The van der Waals surface area contributed by atoms with E-state index in [1.54, 1.807) is 30.3 Å². The van der Waals surface area contributed by atoms with Gasteiger partial charge in [0.25, 0.3) is 11.8 Å². The Labute approximate surface area is 210 Å².